The number of halogens is 6. The summed E-state index contributed by atoms with van der Waals surface area (Å²) in [6, 6.07) is 4.60. The Hall–Kier alpha value is -2.52. The first-order chi connectivity index (χ1) is 10.5. The highest BCUT2D eigenvalue weighted by Gasteiger charge is 2.36. The fourth-order valence-electron chi connectivity index (χ4n) is 1.84. The van der Waals surface area contributed by atoms with Crippen LogP contribution in [0.15, 0.2) is 30.3 Å². The van der Waals surface area contributed by atoms with E-state index >= 15 is 0 Å². The fourth-order valence-corrected chi connectivity index (χ4v) is 1.84. The first-order valence-electron chi connectivity index (χ1n) is 6.09. The predicted octanol–water partition coefficient (Wildman–Crippen LogP) is 3.71. The van der Waals surface area contributed by atoms with Crippen molar-refractivity contribution in [3.63, 3.8) is 0 Å². The van der Waals surface area contributed by atoms with Crippen LogP contribution >= 0.6 is 0 Å². The van der Waals surface area contributed by atoms with Gasteiger partial charge in [-0.15, -0.1) is 0 Å². The Balaban J connectivity index is 2.33. The minimum atomic E-state index is -4.76. The van der Waals surface area contributed by atoms with Crippen molar-refractivity contribution < 1.29 is 31.1 Å². The molecular weight excluding hydrogens is 328 g/mol. The molecule has 2 rings (SSSR count). The van der Waals surface area contributed by atoms with E-state index < -0.39 is 40.9 Å². The molecule has 124 valence electrons. The predicted molar refractivity (Wildman–Crippen MR) is 67.6 cm³/mol. The molecule has 0 atom stereocenters. The maximum atomic E-state index is 12.8. The molecule has 4 nitrogen and oxygen atoms in total. The van der Waals surface area contributed by atoms with Crippen molar-refractivity contribution in [3.8, 4) is 0 Å². The molecule has 10 heteroatoms. The topological polar surface area (TPSA) is 46.9 Å². The van der Waals surface area contributed by atoms with Crippen molar-refractivity contribution in [1.82, 2.24) is 9.78 Å². The van der Waals surface area contributed by atoms with E-state index in [9.17, 15) is 31.1 Å². The number of carbonyl (C=O) groups is 1. The van der Waals surface area contributed by atoms with E-state index in [0.717, 1.165) is 25.2 Å². The summed E-state index contributed by atoms with van der Waals surface area (Å²) in [5, 5.41) is 5.08. The summed E-state index contributed by atoms with van der Waals surface area (Å²) in [6.45, 7) is 0. The molecule has 1 heterocycles. The average Bonchev–Trinajstić information content (AvgIpc) is 2.80. The van der Waals surface area contributed by atoms with Crippen LogP contribution in [0.5, 0.6) is 0 Å². The van der Waals surface area contributed by atoms with Gasteiger partial charge >= 0.3 is 12.4 Å². The molecule has 0 saturated carbocycles. The van der Waals surface area contributed by atoms with Gasteiger partial charge in [0.25, 0.3) is 5.91 Å². The van der Waals surface area contributed by atoms with Gasteiger partial charge in [-0.1, -0.05) is 12.1 Å². The third kappa shape index (κ3) is 3.63. The highest BCUT2D eigenvalue weighted by Crippen LogP contribution is 2.35. The summed E-state index contributed by atoms with van der Waals surface area (Å²) in [4.78, 5) is 11.9. The zero-order chi connectivity index (χ0) is 17.4. The zero-order valence-electron chi connectivity index (χ0n) is 11.5. The first kappa shape index (κ1) is 16.8. The van der Waals surface area contributed by atoms with Gasteiger partial charge in [-0.3, -0.25) is 9.48 Å². The van der Waals surface area contributed by atoms with Crippen LogP contribution in [0.1, 0.15) is 21.7 Å². The van der Waals surface area contributed by atoms with Gasteiger partial charge in [-0.2, -0.15) is 31.4 Å². The van der Waals surface area contributed by atoms with Gasteiger partial charge < -0.3 is 5.32 Å². The number of hydrogen-bond acceptors (Lipinski definition) is 2. The molecule has 0 aliphatic carbocycles. The summed E-state index contributed by atoms with van der Waals surface area (Å²) < 4.78 is 76.7. The van der Waals surface area contributed by atoms with Crippen molar-refractivity contribution in [2.75, 3.05) is 5.32 Å². The number of carbonyl (C=O) groups excluding carboxylic acids is 1. The van der Waals surface area contributed by atoms with Crippen LogP contribution in [0.25, 0.3) is 0 Å². The second-order valence-electron chi connectivity index (χ2n) is 4.53. The van der Waals surface area contributed by atoms with Crippen molar-refractivity contribution >= 4 is 11.6 Å². The van der Waals surface area contributed by atoms with Crippen molar-refractivity contribution in [2.24, 2.45) is 7.05 Å². The maximum Gasteiger partial charge on any atom is 0.435 e. The van der Waals surface area contributed by atoms with Crippen LogP contribution in [0.4, 0.5) is 32.0 Å². The number of aryl methyl sites for hydroxylation is 1. The van der Waals surface area contributed by atoms with Crippen molar-refractivity contribution in [1.29, 1.82) is 0 Å². The lowest BCUT2D eigenvalue weighted by atomic mass is 10.1. The lowest BCUT2D eigenvalue weighted by Crippen LogP contribution is -2.19. The molecule has 1 N–H and O–H groups in total. The van der Waals surface area contributed by atoms with Crippen molar-refractivity contribution in [3.05, 3.63) is 47.3 Å². The van der Waals surface area contributed by atoms with E-state index in [1.54, 1.807) is 0 Å². The van der Waals surface area contributed by atoms with Crippen LogP contribution < -0.4 is 5.32 Å². The second-order valence-corrected chi connectivity index (χ2v) is 4.53. The third-order valence-corrected chi connectivity index (χ3v) is 2.88. The molecule has 0 spiro atoms. The lowest BCUT2D eigenvalue weighted by molar-refractivity contribution is -0.141. The summed E-state index contributed by atoms with van der Waals surface area (Å²) >= 11 is 0. The minimum absolute atomic E-state index is 0.464. The number of rotatable bonds is 2. The summed E-state index contributed by atoms with van der Waals surface area (Å²) in [7, 11) is 1.08. The van der Waals surface area contributed by atoms with E-state index in [4.69, 9.17) is 0 Å². The quantitative estimate of drug-likeness (QED) is 0.849. The van der Waals surface area contributed by atoms with E-state index in [0.29, 0.717) is 10.7 Å². The Kier molecular flexibility index (Phi) is 4.10. The highest BCUT2D eigenvalue weighted by molar-refractivity contribution is 6.03. The number of alkyl halides is 6. The summed E-state index contributed by atoms with van der Waals surface area (Å²) in [5.41, 5.74) is -3.49. The van der Waals surface area contributed by atoms with Crippen LogP contribution in [-0.2, 0) is 19.4 Å². The number of hydrogen-bond donors (Lipinski definition) is 1. The van der Waals surface area contributed by atoms with Gasteiger partial charge in [0.15, 0.2) is 5.69 Å². The van der Waals surface area contributed by atoms with E-state index in [-0.39, 0.29) is 0 Å². The summed E-state index contributed by atoms with van der Waals surface area (Å²) in [5.74, 6) is -1.13. The molecule has 0 radical (unpaired) electrons. The monoisotopic (exact) mass is 337 g/mol. The minimum Gasteiger partial charge on any atom is -0.320 e. The Morgan fingerprint density at radius 1 is 1.09 bits per heavy atom. The van der Waals surface area contributed by atoms with E-state index in [1.165, 1.54) is 6.07 Å². The lowest BCUT2D eigenvalue weighted by Gasteiger charge is -2.13. The van der Waals surface area contributed by atoms with E-state index in [1.807, 2.05) is 5.32 Å². The van der Waals surface area contributed by atoms with Gasteiger partial charge in [0, 0.05) is 13.1 Å². The molecular formula is C13H9F6N3O. The largest absolute Gasteiger partial charge is 0.435 e. The third-order valence-electron chi connectivity index (χ3n) is 2.88. The Labute approximate surface area is 125 Å². The number of para-hydroxylation sites is 1. The number of anilines is 1. The molecule has 23 heavy (non-hydrogen) atoms. The smallest absolute Gasteiger partial charge is 0.320 e. The molecule has 0 aliphatic rings. The first-order valence-corrected chi connectivity index (χ1v) is 6.09. The number of benzene rings is 1. The molecule has 1 amide bonds. The Morgan fingerprint density at radius 3 is 2.22 bits per heavy atom. The van der Waals surface area contributed by atoms with Gasteiger partial charge in [0.05, 0.1) is 11.3 Å². The normalized spacial score (nSPS) is 12.3. The zero-order valence-corrected chi connectivity index (χ0v) is 11.5. The maximum absolute atomic E-state index is 12.8. The molecule has 0 saturated heterocycles. The van der Waals surface area contributed by atoms with Crippen LogP contribution in [0, 0.1) is 0 Å². The average molecular weight is 337 g/mol. The number of aromatic nitrogens is 2. The fraction of sp³-hybridized carbons (Fsp3) is 0.231. The standard InChI is InChI=1S/C13H9F6N3O/c1-22-9(6-10(21-22)13(17,18)19)11(23)20-8-5-3-2-4-7(8)12(14,15)16/h2-6H,1H3,(H,20,23). The molecule has 0 unspecified atom stereocenters. The highest BCUT2D eigenvalue weighted by atomic mass is 19.4. The molecule has 1 aromatic heterocycles. The molecule has 0 fully saturated rings. The van der Waals surface area contributed by atoms with Crippen LogP contribution in [0.2, 0.25) is 0 Å². The van der Waals surface area contributed by atoms with E-state index in [2.05, 4.69) is 5.10 Å². The Morgan fingerprint density at radius 2 is 1.70 bits per heavy atom. The number of amides is 1. The van der Waals surface area contributed by atoms with Gasteiger partial charge in [0.2, 0.25) is 0 Å². The molecule has 1 aromatic carbocycles. The SMILES string of the molecule is Cn1nc(C(F)(F)F)cc1C(=O)Nc1ccccc1C(F)(F)F. The van der Waals surface area contributed by atoms with Gasteiger partial charge in [-0.25, -0.2) is 0 Å². The van der Waals surface area contributed by atoms with Crippen LogP contribution in [-0.4, -0.2) is 15.7 Å². The molecule has 0 aliphatic heterocycles. The second kappa shape index (κ2) is 5.60. The molecule has 2 aromatic rings. The number of nitrogens with zero attached hydrogens (tertiary/aromatic N) is 2. The number of nitrogens with one attached hydrogen (secondary N) is 1. The summed E-state index contributed by atoms with van der Waals surface area (Å²) in [6.07, 6.45) is -9.48. The van der Waals surface area contributed by atoms with Crippen molar-refractivity contribution in [2.45, 2.75) is 12.4 Å². The van der Waals surface area contributed by atoms with Gasteiger partial charge in [-0.05, 0) is 12.1 Å². The molecule has 0 bridgehead atoms. The Bertz CT molecular complexity index is 732. The van der Waals surface area contributed by atoms with Crippen LogP contribution in [0.3, 0.4) is 0 Å². The van der Waals surface area contributed by atoms with Gasteiger partial charge in [0.1, 0.15) is 5.69 Å².